The maximum Gasteiger partial charge on any atom is 0.512 e. The molecule has 0 saturated carbocycles. The molecule has 0 aliphatic rings. The summed E-state index contributed by atoms with van der Waals surface area (Å²) in [5.41, 5.74) is 2.20. The number of nitrogens with zero attached hydrogens (tertiary/aromatic N) is 1. The van der Waals surface area contributed by atoms with Gasteiger partial charge in [0.15, 0.2) is 0 Å². The van der Waals surface area contributed by atoms with Gasteiger partial charge in [0.25, 0.3) is 0 Å². The van der Waals surface area contributed by atoms with Gasteiger partial charge in [-0.2, -0.15) is 0 Å². The van der Waals surface area contributed by atoms with Crippen molar-refractivity contribution in [3.05, 3.63) is 59.8 Å². The Morgan fingerprint density at radius 3 is 2.68 bits per heavy atom. The first-order chi connectivity index (χ1) is 10.7. The van der Waals surface area contributed by atoms with Gasteiger partial charge < -0.3 is 9.84 Å². The molecule has 116 valence electrons. The monoisotopic (exact) mass is 299 g/mol. The largest absolute Gasteiger partial charge is 0.512 e. The van der Waals surface area contributed by atoms with Crippen LogP contribution in [0.3, 0.4) is 0 Å². The summed E-state index contributed by atoms with van der Waals surface area (Å²) in [5.74, 6) is 0.421. The van der Waals surface area contributed by atoms with Crippen molar-refractivity contribution in [1.82, 2.24) is 4.98 Å². The van der Waals surface area contributed by atoms with Gasteiger partial charge in [-0.3, -0.25) is 0 Å². The first kappa shape index (κ1) is 16.0. The second kappa shape index (κ2) is 8.17. The van der Waals surface area contributed by atoms with Crippen molar-refractivity contribution in [3.63, 3.8) is 0 Å². The molecule has 0 fully saturated rings. The van der Waals surface area contributed by atoms with Crippen molar-refractivity contribution in [3.8, 4) is 5.88 Å². The third kappa shape index (κ3) is 4.88. The Labute approximate surface area is 130 Å². The predicted octanol–water partition coefficient (Wildman–Crippen LogP) is 4.65. The Balaban J connectivity index is 1.84. The molecule has 4 nitrogen and oxygen atoms in total. The molecule has 0 aliphatic heterocycles. The number of aromatic nitrogens is 1. The van der Waals surface area contributed by atoms with Crippen molar-refractivity contribution in [2.24, 2.45) is 0 Å². The second-order valence-corrected chi connectivity index (χ2v) is 5.40. The van der Waals surface area contributed by atoms with Crippen LogP contribution < -0.4 is 4.74 Å². The molecule has 4 heteroatoms. The zero-order chi connectivity index (χ0) is 15.8. The topological polar surface area (TPSA) is 59.4 Å². The number of carboxylic acid groups (broad SMARTS) is 1. The van der Waals surface area contributed by atoms with Crippen LogP contribution in [0.5, 0.6) is 5.88 Å². The SMILES string of the molecule is C[C@H](CCCCc1ccccc1)c1cccnc1OC(=O)O. The highest BCUT2D eigenvalue weighted by Gasteiger charge is 2.14. The van der Waals surface area contributed by atoms with E-state index < -0.39 is 6.16 Å². The van der Waals surface area contributed by atoms with Gasteiger partial charge in [0.05, 0.1) is 0 Å². The minimum Gasteiger partial charge on any atom is -0.449 e. The molecule has 1 heterocycles. The van der Waals surface area contributed by atoms with E-state index in [4.69, 9.17) is 9.84 Å². The third-order valence-corrected chi connectivity index (χ3v) is 3.71. The molecule has 0 bridgehead atoms. The lowest BCUT2D eigenvalue weighted by Crippen LogP contribution is -2.08. The fourth-order valence-corrected chi connectivity index (χ4v) is 2.53. The summed E-state index contributed by atoms with van der Waals surface area (Å²) in [5, 5.41) is 8.75. The number of ether oxygens (including phenoxy) is 1. The standard InChI is InChI=1S/C18H21NO3/c1-14(8-5-6-11-15-9-3-2-4-10-15)16-12-7-13-19-17(16)22-18(20)21/h2-4,7,9-10,12-14H,5-6,8,11H2,1H3,(H,20,21)/t14-/m1/s1. The Kier molecular flexibility index (Phi) is 5.95. The molecule has 0 amide bonds. The van der Waals surface area contributed by atoms with Crippen LogP contribution in [0, 0.1) is 0 Å². The summed E-state index contributed by atoms with van der Waals surface area (Å²) in [6, 6.07) is 14.1. The molecule has 0 saturated heterocycles. The number of benzene rings is 1. The van der Waals surface area contributed by atoms with Crippen LogP contribution in [0.4, 0.5) is 4.79 Å². The van der Waals surface area contributed by atoms with E-state index in [1.54, 1.807) is 6.20 Å². The van der Waals surface area contributed by atoms with Gasteiger partial charge in [-0.25, -0.2) is 9.78 Å². The molecule has 2 aromatic rings. The van der Waals surface area contributed by atoms with Gasteiger partial charge >= 0.3 is 6.16 Å². The average molecular weight is 299 g/mol. The van der Waals surface area contributed by atoms with E-state index in [0.29, 0.717) is 0 Å². The fourth-order valence-electron chi connectivity index (χ4n) is 2.53. The predicted molar refractivity (Wildman–Crippen MR) is 85.3 cm³/mol. The Morgan fingerprint density at radius 2 is 1.95 bits per heavy atom. The van der Waals surface area contributed by atoms with E-state index in [1.807, 2.05) is 18.2 Å². The van der Waals surface area contributed by atoms with E-state index in [1.165, 1.54) is 5.56 Å². The van der Waals surface area contributed by atoms with Crippen molar-refractivity contribution in [2.75, 3.05) is 0 Å². The molecule has 1 aromatic heterocycles. The Hall–Kier alpha value is -2.36. The number of pyridine rings is 1. The number of hydrogen-bond donors (Lipinski definition) is 1. The van der Waals surface area contributed by atoms with Gasteiger partial charge in [-0.05, 0) is 36.8 Å². The van der Waals surface area contributed by atoms with E-state index >= 15 is 0 Å². The maximum atomic E-state index is 10.7. The summed E-state index contributed by atoms with van der Waals surface area (Å²) in [6.07, 6.45) is 4.47. The van der Waals surface area contributed by atoms with Crippen LogP contribution >= 0.6 is 0 Å². The number of unbranched alkanes of at least 4 members (excludes halogenated alkanes) is 1. The maximum absolute atomic E-state index is 10.7. The summed E-state index contributed by atoms with van der Waals surface area (Å²) in [7, 11) is 0. The zero-order valence-electron chi connectivity index (χ0n) is 12.7. The van der Waals surface area contributed by atoms with Gasteiger partial charge in [0, 0.05) is 11.8 Å². The van der Waals surface area contributed by atoms with Gasteiger partial charge in [-0.1, -0.05) is 49.7 Å². The molecular weight excluding hydrogens is 278 g/mol. The first-order valence-corrected chi connectivity index (χ1v) is 7.56. The molecule has 0 unspecified atom stereocenters. The highest BCUT2D eigenvalue weighted by Crippen LogP contribution is 2.28. The number of rotatable bonds is 7. The van der Waals surface area contributed by atoms with Crippen LogP contribution in [-0.2, 0) is 6.42 Å². The molecular formula is C18H21NO3. The molecule has 2 rings (SSSR count). The van der Waals surface area contributed by atoms with Crippen molar-refractivity contribution in [1.29, 1.82) is 0 Å². The van der Waals surface area contributed by atoms with Crippen LogP contribution in [-0.4, -0.2) is 16.2 Å². The average Bonchev–Trinajstić information content (AvgIpc) is 2.52. The third-order valence-electron chi connectivity index (χ3n) is 3.71. The van der Waals surface area contributed by atoms with Crippen LogP contribution in [0.25, 0.3) is 0 Å². The highest BCUT2D eigenvalue weighted by molar-refractivity contribution is 5.61. The smallest absolute Gasteiger partial charge is 0.449 e. The highest BCUT2D eigenvalue weighted by atomic mass is 16.7. The molecule has 0 spiro atoms. The normalized spacial score (nSPS) is 11.9. The fraction of sp³-hybridized carbons (Fsp3) is 0.333. The lowest BCUT2D eigenvalue weighted by Gasteiger charge is -2.14. The number of aryl methyl sites for hydroxylation is 1. The molecule has 0 radical (unpaired) electrons. The minimum absolute atomic E-state index is 0.200. The lowest BCUT2D eigenvalue weighted by atomic mass is 9.95. The van der Waals surface area contributed by atoms with E-state index in [0.717, 1.165) is 31.2 Å². The zero-order valence-corrected chi connectivity index (χ0v) is 12.7. The molecule has 1 aromatic carbocycles. The van der Waals surface area contributed by atoms with Gasteiger partial charge in [0.1, 0.15) is 0 Å². The Morgan fingerprint density at radius 1 is 1.18 bits per heavy atom. The van der Waals surface area contributed by atoms with Crippen LogP contribution in [0.2, 0.25) is 0 Å². The molecule has 0 aliphatic carbocycles. The number of carbonyl (C=O) groups is 1. The van der Waals surface area contributed by atoms with Crippen molar-refractivity contribution >= 4 is 6.16 Å². The van der Waals surface area contributed by atoms with Crippen LogP contribution in [0.1, 0.15) is 43.2 Å². The lowest BCUT2D eigenvalue weighted by molar-refractivity contribution is 0.142. The Bertz CT molecular complexity index is 598. The molecule has 1 atom stereocenters. The van der Waals surface area contributed by atoms with Gasteiger partial charge in [0.2, 0.25) is 5.88 Å². The van der Waals surface area contributed by atoms with E-state index in [9.17, 15) is 4.79 Å². The molecule has 1 N–H and O–H groups in total. The first-order valence-electron chi connectivity index (χ1n) is 7.56. The molecule has 22 heavy (non-hydrogen) atoms. The summed E-state index contributed by atoms with van der Waals surface area (Å²) in [4.78, 5) is 14.7. The summed E-state index contributed by atoms with van der Waals surface area (Å²) >= 11 is 0. The van der Waals surface area contributed by atoms with Crippen molar-refractivity contribution in [2.45, 2.75) is 38.5 Å². The minimum atomic E-state index is -1.32. The van der Waals surface area contributed by atoms with Crippen molar-refractivity contribution < 1.29 is 14.6 Å². The van der Waals surface area contributed by atoms with Crippen LogP contribution in [0.15, 0.2) is 48.7 Å². The summed E-state index contributed by atoms with van der Waals surface area (Å²) in [6.45, 7) is 2.08. The summed E-state index contributed by atoms with van der Waals surface area (Å²) < 4.78 is 4.75. The quantitative estimate of drug-likeness (QED) is 0.597. The van der Waals surface area contributed by atoms with Gasteiger partial charge in [-0.15, -0.1) is 0 Å². The number of hydrogen-bond acceptors (Lipinski definition) is 3. The van der Waals surface area contributed by atoms with E-state index in [-0.39, 0.29) is 11.8 Å². The van der Waals surface area contributed by atoms with E-state index in [2.05, 4.69) is 36.2 Å². The second-order valence-electron chi connectivity index (χ2n) is 5.40.